The molecule has 0 atom stereocenters. The van der Waals surface area contributed by atoms with Gasteiger partial charge >= 0.3 is 0 Å². The van der Waals surface area contributed by atoms with E-state index in [0.29, 0.717) is 18.6 Å². The van der Waals surface area contributed by atoms with Gasteiger partial charge in [-0.25, -0.2) is 4.98 Å². The topological polar surface area (TPSA) is 55.5 Å². The van der Waals surface area contributed by atoms with Crippen molar-refractivity contribution < 1.29 is 9.21 Å². The van der Waals surface area contributed by atoms with E-state index in [1.807, 2.05) is 12.1 Å². The second-order valence-electron chi connectivity index (χ2n) is 8.10. The summed E-state index contributed by atoms with van der Waals surface area (Å²) in [5.41, 5.74) is 6.27. The molecule has 4 heteroatoms. The van der Waals surface area contributed by atoms with Gasteiger partial charge in [-0.2, -0.15) is 0 Å². The molecule has 1 aliphatic heterocycles. The summed E-state index contributed by atoms with van der Waals surface area (Å²) in [4.78, 5) is 22.5. The highest BCUT2D eigenvalue weighted by atomic mass is 16.3. The lowest BCUT2D eigenvalue weighted by Gasteiger charge is -2.37. The average Bonchev–Trinajstić information content (AvgIpc) is 3.21. The standard InChI is InChI=1S/C22H24N2O2/c1-14-7-8-17-19(11-14)26-20(23-17)13-16-12-15-5-4-6-18(25)21(15)22(24-16)9-2-3-10-22/h7-8,11H,2-6,9-10,12-13H2,1H3. The normalized spacial score (nSPS) is 22.2. The van der Waals surface area contributed by atoms with Crippen LogP contribution in [0.25, 0.3) is 11.1 Å². The molecule has 0 saturated heterocycles. The lowest BCUT2D eigenvalue weighted by molar-refractivity contribution is -0.116. The van der Waals surface area contributed by atoms with Gasteiger partial charge in [-0.15, -0.1) is 0 Å². The second kappa shape index (κ2) is 5.90. The van der Waals surface area contributed by atoms with E-state index in [1.54, 1.807) is 0 Å². The Morgan fingerprint density at radius 2 is 2.00 bits per heavy atom. The molecule has 26 heavy (non-hydrogen) atoms. The summed E-state index contributed by atoms with van der Waals surface area (Å²) in [7, 11) is 0. The number of benzene rings is 1. The van der Waals surface area contributed by atoms with Crippen LogP contribution in [0.5, 0.6) is 0 Å². The van der Waals surface area contributed by atoms with Gasteiger partial charge < -0.3 is 4.42 Å². The summed E-state index contributed by atoms with van der Waals surface area (Å²) in [5.74, 6) is 1.09. The van der Waals surface area contributed by atoms with Gasteiger partial charge in [-0.1, -0.05) is 24.5 Å². The number of hydrogen-bond acceptors (Lipinski definition) is 4. The average molecular weight is 348 g/mol. The number of carbonyl (C=O) groups excluding carboxylic acids is 1. The first-order chi connectivity index (χ1) is 12.6. The Labute approximate surface area is 153 Å². The number of rotatable bonds is 2. The molecule has 0 unspecified atom stereocenters. The molecule has 1 saturated carbocycles. The molecule has 0 bridgehead atoms. The predicted octanol–water partition coefficient (Wildman–Crippen LogP) is 4.89. The van der Waals surface area contributed by atoms with Crippen molar-refractivity contribution in [3.63, 3.8) is 0 Å². The molecule has 0 amide bonds. The van der Waals surface area contributed by atoms with Crippen LogP contribution >= 0.6 is 0 Å². The Hall–Kier alpha value is -2.23. The third-order valence-electron chi connectivity index (χ3n) is 6.14. The van der Waals surface area contributed by atoms with Crippen LogP contribution in [0.3, 0.4) is 0 Å². The minimum atomic E-state index is -0.233. The summed E-state index contributed by atoms with van der Waals surface area (Å²) in [6.07, 6.45) is 8.60. The van der Waals surface area contributed by atoms with Gasteiger partial charge in [0.15, 0.2) is 11.4 Å². The van der Waals surface area contributed by atoms with Crippen LogP contribution in [0, 0.1) is 6.92 Å². The number of oxazole rings is 1. The molecule has 3 aliphatic rings. The molecule has 2 heterocycles. The van der Waals surface area contributed by atoms with E-state index in [1.165, 1.54) is 24.0 Å². The molecule has 0 N–H and O–H groups in total. The molecular weight excluding hydrogens is 324 g/mol. The zero-order valence-corrected chi connectivity index (χ0v) is 15.3. The first-order valence-electron chi connectivity index (χ1n) is 9.82. The summed E-state index contributed by atoms with van der Waals surface area (Å²) >= 11 is 0. The quantitative estimate of drug-likeness (QED) is 0.777. The van der Waals surface area contributed by atoms with Crippen molar-refractivity contribution in [2.24, 2.45) is 4.99 Å². The number of hydrogen-bond donors (Lipinski definition) is 0. The summed E-state index contributed by atoms with van der Waals surface area (Å²) in [5, 5.41) is 0. The Balaban J connectivity index is 1.50. The first kappa shape index (κ1) is 16.0. The van der Waals surface area contributed by atoms with E-state index >= 15 is 0 Å². The Morgan fingerprint density at radius 3 is 2.85 bits per heavy atom. The highest BCUT2D eigenvalue weighted by Gasteiger charge is 2.45. The molecule has 1 aromatic heterocycles. The Morgan fingerprint density at radius 1 is 1.15 bits per heavy atom. The first-order valence-corrected chi connectivity index (χ1v) is 9.82. The number of Topliss-reactive ketones (excluding diaryl/α,β-unsaturated/α-hetero) is 1. The van der Waals surface area contributed by atoms with Crippen molar-refractivity contribution in [3.8, 4) is 0 Å². The van der Waals surface area contributed by atoms with Crippen molar-refractivity contribution >= 4 is 22.6 Å². The van der Waals surface area contributed by atoms with Crippen molar-refractivity contribution in [2.75, 3.05) is 0 Å². The molecule has 2 aromatic rings. The molecule has 4 nitrogen and oxygen atoms in total. The maximum Gasteiger partial charge on any atom is 0.201 e. The fraction of sp³-hybridized carbons (Fsp3) is 0.500. The van der Waals surface area contributed by atoms with E-state index in [2.05, 4.69) is 18.0 Å². The lowest BCUT2D eigenvalue weighted by atomic mass is 9.73. The zero-order chi connectivity index (χ0) is 17.7. The third-order valence-corrected chi connectivity index (χ3v) is 6.14. The summed E-state index contributed by atoms with van der Waals surface area (Å²) < 4.78 is 5.98. The third kappa shape index (κ3) is 2.54. The van der Waals surface area contributed by atoms with Gasteiger partial charge in [0.2, 0.25) is 5.89 Å². The van der Waals surface area contributed by atoms with Crippen LogP contribution < -0.4 is 0 Å². The lowest BCUT2D eigenvalue weighted by Crippen LogP contribution is -2.38. The van der Waals surface area contributed by atoms with Crippen molar-refractivity contribution in [2.45, 2.75) is 70.3 Å². The largest absolute Gasteiger partial charge is 0.440 e. The fourth-order valence-corrected chi connectivity index (χ4v) is 5.07. The van der Waals surface area contributed by atoms with E-state index in [4.69, 9.17) is 9.41 Å². The molecular formula is C22H24N2O2. The van der Waals surface area contributed by atoms with Gasteiger partial charge in [0.25, 0.3) is 0 Å². The number of dihydropyridines is 1. The molecule has 2 aliphatic carbocycles. The number of fused-ring (bicyclic) bond motifs is 2. The van der Waals surface area contributed by atoms with Gasteiger partial charge in [0, 0.05) is 24.1 Å². The van der Waals surface area contributed by atoms with Crippen LogP contribution in [0.2, 0.25) is 0 Å². The number of aliphatic imine (C=N–C) groups is 1. The SMILES string of the molecule is Cc1ccc2nc(CC3=NC4(CCCC4)C4=C(CCCC4=O)C3)oc2c1. The number of nitrogens with zero attached hydrogens (tertiary/aromatic N) is 2. The number of carbonyl (C=O) groups is 1. The smallest absolute Gasteiger partial charge is 0.201 e. The molecule has 1 spiro atoms. The maximum absolute atomic E-state index is 12.6. The van der Waals surface area contributed by atoms with Crippen LogP contribution in [-0.2, 0) is 11.2 Å². The summed E-state index contributed by atoms with van der Waals surface area (Å²) in [6.45, 7) is 2.06. The molecule has 1 aromatic carbocycles. The number of ketones is 1. The van der Waals surface area contributed by atoms with Crippen LogP contribution in [0.4, 0.5) is 0 Å². The van der Waals surface area contributed by atoms with Crippen molar-refractivity contribution in [3.05, 3.63) is 40.8 Å². The van der Waals surface area contributed by atoms with E-state index in [9.17, 15) is 4.79 Å². The number of aryl methyl sites for hydroxylation is 1. The highest BCUT2D eigenvalue weighted by Crippen LogP contribution is 2.47. The van der Waals surface area contributed by atoms with Crippen LogP contribution in [0.1, 0.15) is 62.8 Å². The zero-order valence-electron chi connectivity index (χ0n) is 15.3. The van der Waals surface area contributed by atoms with Crippen molar-refractivity contribution in [1.29, 1.82) is 0 Å². The molecule has 1 fully saturated rings. The molecule has 0 radical (unpaired) electrons. The Kier molecular flexibility index (Phi) is 3.63. The van der Waals surface area contributed by atoms with Crippen molar-refractivity contribution in [1.82, 2.24) is 4.98 Å². The van der Waals surface area contributed by atoms with Gasteiger partial charge in [-0.3, -0.25) is 9.79 Å². The van der Waals surface area contributed by atoms with E-state index in [-0.39, 0.29) is 5.54 Å². The number of aromatic nitrogens is 1. The monoisotopic (exact) mass is 348 g/mol. The van der Waals surface area contributed by atoms with Crippen LogP contribution in [0.15, 0.2) is 38.8 Å². The van der Waals surface area contributed by atoms with E-state index in [0.717, 1.165) is 60.4 Å². The summed E-state index contributed by atoms with van der Waals surface area (Å²) in [6, 6.07) is 6.11. The predicted molar refractivity (Wildman–Crippen MR) is 102 cm³/mol. The fourth-order valence-electron chi connectivity index (χ4n) is 5.07. The van der Waals surface area contributed by atoms with E-state index < -0.39 is 0 Å². The van der Waals surface area contributed by atoms with Gasteiger partial charge in [-0.05, 0) is 50.3 Å². The second-order valence-corrected chi connectivity index (χ2v) is 8.10. The minimum Gasteiger partial charge on any atom is -0.440 e. The minimum absolute atomic E-state index is 0.233. The van der Waals surface area contributed by atoms with Gasteiger partial charge in [0.1, 0.15) is 5.52 Å². The van der Waals surface area contributed by atoms with Crippen LogP contribution in [-0.4, -0.2) is 22.0 Å². The molecule has 134 valence electrons. The Bertz CT molecular complexity index is 958. The molecule has 5 rings (SSSR count). The van der Waals surface area contributed by atoms with Gasteiger partial charge in [0.05, 0.1) is 12.0 Å². The highest BCUT2D eigenvalue weighted by molar-refractivity contribution is 6.03. The maximum atomic E-state index is 12.6. The number of allylic oxidation sites excluding steroid dienone is 1.